The van der Waals surface area contributed by atoms with E-state index in [9.17, 15) is 9.18 Å². The fourth-order valence-corrected chi connectivity index (χ4v) is 2.19. The average molecular weight is 337 g/mol. The second-order valence-corrected chi connectivity index (χ2v) is 5.25. The van der Waals surface area contributed by atoms with Gasteiger partial charge in [-0.25, -0.2) is 4.39 Å². The van der Waals surface area contributed by atoms with Crippen LogP contribution in [0.4, 0.5) is 4.39 Å². The van der Waals surface area contributed by atoms with Crippen molar-refractivity contribution in [2.45, 2.75) is 13.0 Å². The monoisotopic (exact) mass is 336 g/mol. The first-order valence-electron chi connectivity index (χ1n) is 6.23. The molecule has 0 fully saturated rings. The molecule has 0 N–H and O–H groups in total. The molecule has 0 aliphatic rings. The lowest BCUT2D eigenvalue weighted by molar-refractivity contribution is -0.123. The van der Waals surface area contributed by atoms with Crippen LogP contribution in [0, 0.1) is 5.82 Å². The molecule has 0 saturated carbocycles. The Morgan fingerprint density at radius 2 is 1.70 bits per heavy atom. The number of carbonyl (C=O) groups is 1. The van der Waals surface area contributed by atoms with Gasteiger partial charge in [-0.2, -0.15) is 0 Å². The lowest BCUT2D eigenvalue weighted by atomic mass is 10.1. The van der Waals surface area contributed by atoms with E-state index < -0.39 is 0 Å². The van der Waals surface area contributed by atoms with Gasteiger partial charge in [0.15, 0.2) is 5.78 Å². The summed E-state index contributed by atoms with van der Waals surface area (Å²) in [4.78, 5) is 11.7. The molecule has 0 radical (unpaired) electrons. The quantitative estimate of drug-likeness (QED) is 0.799. The number of benzene rings is 2. The maximum Gasteiger partial charge on any atom is 0.162 e. The minimum absolute atomic E-state index is 0.0182. The molecule has 0 saturated heterocycles. The number of ketones is 1. The molecule has 2 aromatic rings. The summed E-state index contributed by atoms with van der Waals surface area (Å²) >= 11 is 3.41. The first-order valence-corrected chi connectivity index (χ1v) is 7.02. The van der Waals surface area contributed by atoms with Gasteiger partial charge in [-0.1, -0.05) is 52.3 Å². The highest BCUT2D eigenvalue weighted by Gasteiger charge is 2.08. The van der Waals surface area contributed by atoms with Crippen LogP contribution in [0.1, 0.15) is 11.1 Å². The van der Waals surface area contributed by atoms with E-state index in [1.807, 2.05) is 24.3 Å². The van der Waals surface area contributed by atoms with Crippen molar-refractivity contribution in [3.05, 3.63) is 69.9 Å². The lowest BCUT2D eigenvalue weighted by Crippen LogP contribution is -2.12. The third kappa shape index (κ3) is 4.25. The maximum atomic E-state index is 13.4. The Kier molecular flexibility index (Phi) is 5.44. The van der Waals surface area contributed by atoms with E-state index in [0.29, 0.717) is 12.2 Å². The third-order valence-corrected chi connectivity index (χ3v) is 3.60. The molecule has 0 amide bonds. The van der Waals surface area contributed by atoms with Gasteiger partial charge < -0.3 is 4.74 Å². The number of halogens is 2. The standard InChI is InChI=1S/C16H14BrFO2/c17-15-7-3-1-6-13(15)10-20-11-14(19)9-12-5-2-4-8-16(12)18/h1-8H,9-11H2. The van der Waals surface area contributed by atoms with E-state index in [4.69, 9.17) is 4.74 Å². The van der Waals surface area contributed by atoms with Crippen LogP contribution in [-0.4, -0.2) is 12.4 Å². The topological polar surface area (TPSA) is 26.3 Å². The molecule has 0 bridgehead atoms. The second-order valence-electron chi connectivity index (χ2n) is 4.39. The predicted molar refractivity (Wildman–Crippen MR) is 78.9 cm³/mol. The van der Waals surface area contributed by atoms with Gasteiger partial charge in [-0.15, -0.1) is 0 Å². The van der Waals surface area contributed by atoms with Crippen molar-refractivity contribution in [2.75, 3.05) is 6.61 Å². The first-order chi connectivity index (χ1) is 9.66. The number of Topliss-reactive ketones (excluding diaryl/α,β-unsaturated/α-hetero) is 1. The molecule has 0 aromatic heterocycles. The molecule has 2 nitrogen and oxygen atoms in total. The number of hydrogen-bond acceptors (Lipinski definition) is 2. The second kappa shape index (κ2) is 7.31. The molecule has 0 unspecified atom stereocenters. The van der Waals surface area contributed by atoms with Crippen LogP contribution in [-0.2, 0) is 22.6 Å². The Hall–Kier alpha value is -1.52. The van der Waals surface area contributed by atoms with Crippen LogP contribution < -0.4 is 0 Å². The van der Waals surface area contributed by atoms with Gasteiger partial charge in [0.2, 0.25) is 0 Å². The SMILES string of the molecule is O=C(COCc1ccccc1Br)Cc1ccccc1F. The first kappa shape index (κ1) is 14.9. The Bertz CT molecular complexity index is 599. The van der Waals surface area contributed by atoms with Crippen molar-refractivity contribution >= 4 is 21.7 Å². The molecule has 104 valence electrons. The van der Waals surface area contributed by atoms with E-state index in [0.717, 1.165) is 10.0 Å². The summed E-state index contributed by atoms with van der Waals surface area (Å²) in [5, 5.41) is 0. The number of rotatable bonds is 6. The zero-order valence-corrected chi connectivity index (χ0v) is 12.4. The van der Waals surface area contributed by atoms with Crippen molar-refractivity contribution in [1.29, 1.82) is 0 Å². The fourth-order valence-electron chi connectivity index (χ4n) is 1.80. The molecule has 2 aromatic carbocycles. The summed E-state index contributed by atoms with van der Waals surface area (Å²) in [6.07, 6.45) is 0.0582. The van der Waals surface area contributed by atoms with Crippen molar-refractivity contribution in [2.24, 2.45) is 0 Å². The average Bonchev–Trinajstić information content (AvgIpc) is 2.43. The highest BCUT2D eigenvalue weighted by molar-refractivity contribution is 9.10. The molecule has 0 aliphatic heterocycles. The van der Waals surface area contributed by atoms with E-state index in [-0.39, 0.29) is 24.6 Å². The number of carbonyl (C=O) groups excluding carboxylic acids is 1. The predicted octanol–water partition coefficient (Wildman–Crippen LogP) is 3.92. The third-order valence-electron chi connectivity index (χ3n) is 2.82. The molecule has 0 atom stereocenters. The zero-order chi connectivity index (χ0) is 14.4. The summed E-state index contributed by atoms with van der Waals surface area (Å²) in [5.74, 6) is -0.492. The van der Waals surface area contributed by atoms with E-state index >= 15 is 0 Å². The molecule has 2 rings (SSSR count). The number of ether oxygens (including phenoxy) is 1. The summed E-state index contributed by atoms with van der Waals surface area (Å²) < 4.78 is 19.7. The van der Waals surface area contributed by atoms with Gasteiger partial charge in [0, 0.05) is 10.9 Å². The van der Waals surface area contributed by atoms with E-state index in [2.05, 4.69) is 15.9 Å². The van der Waals surface area contributed by atoms with Crippen LogP contribution in [0.2, 0.25) is 0 Å². The van der Waals surface area contributed by atoms with E-state index in [1.165, 1.54) is 6.07 Å². The molecule has 4 heteroatoms. The molecule has 0 aliphatic carbocycles. The summed E-state index contributed by atoms with van der Waals surface area (Å²) in [7, 11) is 0. The number of hydrogen-bond donors (Lipinski definition) is 0. The van der Waals surface area contributed by atoms with Crippen molar-refractivity contribution in [3.63, 3.8) is 0 Å². The molecular weight excluding hydrogens is 323 g/mol. The smallest absolute Gasteiger partial charge is 0.162 e. The van der Waals surface area contributed by atoms with Crippen LogP contribution >= 0.6 is 15.9 Å². The minimum atomic E-state index is -0.355. The van der Waals surface area contributed by atoms with Gasteiger partial charge >= 0.3 is 0 Å². The van der Waals surface area contributed by atoms with Gasteiger partial charge in [0.05, 0.1) is 6.61 Å². The van der Waals surface area contributed by atoms with Crippen LogP contribution in [0.15, 0.2) is 53.0 Å². The fraction of sp³-hybridized carbons (Fsp3) is 0.188. The lowest BCUT2D eigenvalue weighted by Gasteiger charge is -2.06. The Balaban J connectivity index is 1.82. The molecular formula is C16H14BrFO2. The Morgan fingerprint density at radius 1 is 1.05 bits per heavy atom. The van der Waals surface area contributed by atoms with Crippen molar-refractivity contribution < 1.29 is 13.9 Å². The zero-order valence-electron chi connectivity index (χ0n) is 10.8. The van der Waals surface area contributed by atoms with Gasteiger partial charge in [-0.3, -0.25) is 4.79 Å². The largest absolute Gasteiger partial charge is 0.369 e. The van der Waals surface area contributed by atoms with Crippen LogP contribution in [0.5, 0.6) is 0 Å². The highest BCUT2D eigenvalue weighted by Crippen LogP contribution is 2.16. The molecule has 0 heterocycles. The van der Waals surface area contributed by atoms with Crippen molar-refractivity contribution in [3.8, 4) is 0 Å². The van der Waals surface area contributed by atoms with E-state index in [1.54, 1.807) is 18.2 Å². The maximum absolute atomic E-state index is 13.4. The van der Waals surface area contributed by atoms with Gasteiger partial charge in [-0.05, 0) is 23.3 Å². The van der Waals surface area contributed by atoms with Crippen LogP contribution in [0.25, 0.3) is 0 Å². The van der Waals surface area contributed by atoms with Gasteiger partial charge in [0.1, 0.15) is 12.4 Å². The summed E-state index contributed by atoms with van der Waals surface area (Å²) in [6.45, 7) is 0.333. The minimum Gasteiger partial charge on any atom is -0.369 e. The Morgan fingerprint density at radius 3 is 2.40 bits per heavy atom. The summed E-state index contributed by atoms with van der Waals surface area (Å²) in [5.41, 5.74) is 1.38. The normalized spacial score (nSPS) is 10.5. The summed E-state index contributed by atoms with van der Waals surface area (Å²) in [6, 6.07) is 13.9. The van der Waals surface area contributed by atoms with Crippen molar-refractivity contribution in [1.82, 2.24) is 0 Å². The highest BCUT2D eigenvalue weighted by atomic mass is 79.9. The Labute approximate surface area is 125 Å². The molecule has 0 spiro atoms. The molecule has 20 heavy (non-hydrogen) atoms. The van der Waals surface area contributed by atoms with Gasteiger partial charge in [0.25, 0.3) is 0 Å². The van der Waals surface area contributed by atoms with Crippen LogP contribution in [0.3, 0.4) is 0 Å².